The van der Waals surface area contributed by atoms with E-state index < -0.39 is 23.3 Å². The van der Waals surface area contributed by atoms with Crippen LogP contribution in [-0.4, -0.2) is 0 Å². The second kappa shape index (κ2) is 5.61. The van der Waals surface area contributed by atoms with Crippen molar-refractivity contribution in [1.82, 2.24) is 0 Å². The summed E-state index contributed by atoms with van der Waals surface area (Å²) in [5, 5.41) is 11.2. The topological polar surface area (TPSA) is 35.8 Å². The van der Waals surface area contributed by atoms with Gasteiger partial charge in [0.05, 0.1) is 17.3 Å². The molecule has 0 aliphatic rings. The smallest absolute Gasteiger partial charge is 0.161 e. The van der Waals surface area contributed by atoms with Gasteiger partial charge in [-0.25, -0.2) is 17.6 Å². The first-order valence-corrected chi connectivity index (χ1v) is 5.57. The first-order chi connectivity index (χ1) is 9.49. The Hall–Kier alpha value is -2.55. The molecule has 2 aromatic rings. The lowest BCUT2D eigenvalue weighted by molar-refractivity contribution is 0.496. The molecule has 2 aromatic carbocycles. The summed E-state index contributed by atoms with van der Waals surface area (Å²) in [6.07, 6.45) is 0. The normalized spacial score (nSPS) is 10.2. The van der Waals surface area contributed by atoms with Crippen molar-refractivity contribution in [2.75, 3.05) is 5.32 Å². The van der Waals surface area contributed by atoms with E-state index in [2.05, 4.69) is 5.32 Å². The van der Waals surface area contributed by atoms with Crippen LogP contribution in [0.1, 0.15) is 11.1 Å². The molecule has 0 atom stereocenters. The number of rotatable bonds is 3. The van der Waals surface area contributed by atoms with E-state index in [4.69, 9.17) is 5.26 Å². The van der Waals surface area contributed by atoms with E-state index in [-0.39, 0.29) is 17.8 Å². The van der Waals surface area contributed by atoms with Gasteiger partial charge in [-0.2, -0.15) is 5.26 Å². The van der Waals surface area contributed by atoms with E-state index in [1.54, 1.807) is 6.07 Å². The van der Waals surface area contributed by atoms with Crippen LogP contribution in [0.5, 0.6) is 0 Å². The highest BCUT2D eigenvalue weighted by molar-refractivity contribution is 5.46. The summed E-state index contributed by atoms with van der Waals surface area (Å²) in [4.78, 5) is 0. The molecule has 0 aliphatic heterocycles. The largest absolute Gasteiger partial charge is 0.379 e. The Bertz CT molecular complexity index is 692. The molecule has 1 N–H and O–H groups in total. The first kappa shape index (κ1) is 13.9. The van der Waals surface area contributed by atoms with Crippen LogP contribution in [0.4, 0.5) is 23.2 Å². The average molecular weight is 280 g/mol. The van der Waals surface area contributed by atoms with Crippen LogP contribution in [0.3, 0.4) is 0 Å². The third-order valence-corrected chi connectivity index (χ3v) is 2.58. The quantitative estimate of drug-likeness (QED) is 0.687. The zero-order valence-electron chi connectivity index (χ0n) is 10.1. The van der Waals surface area contributed by atoms with Gasteiger partial charge in [0.2, 0.25) is 0 Å². The number of nitriles is 1. The van der Waals surface area contributed by atoms with Crippen molar-refractivity contribution in [2.45, 2.75) is 6.54 Å². The molecular weight excluding hydrogens is 272 g/mol. The van der Waals surface area contributed by atoms with E-state index >= 15 is 0 Å². The van der Waals surface area contributed by atoms with E-state index in [1.807, 2.05) is 0 Å². The standard InChI is InChI=1S/C14H8F4N2/c15-10-2-8(6-19)1-9(3-10)7-20-14-5-12(17)11(16)4-13(14)18/h1-5,20H,7H2. The van der Waals surface area contributed by atoms with Crippen LogP contribution in [0.15, 0.2) is 30.3 Å². The second-order valence-electron chi connectivity index (χ2n) is 4.06. The Morgan fingerprint density at radius 3 is 2.30 bits per heavy atom. The Kier molecular flexibility index (Phi) is 3.89. The maximum Gasteiger partial charge on any atom is 0.161 e. The van der Waals surface area contributed by atoms with Crippen LogP contribution < -0.4 is 5.32 Å². The minimum absolute atomic E-state index is 0.0333. The molecule has 6 heteroatoms. The summed E-state index contributed by atoms with van der Waals surface area (Å²) in [6.45, 7) is -0.0333. The molecule has 102 valence electrons. The molecule has 0 aliphatic carbocycles. The number of hydrogen-bond donors (Lipinski definition) is 1. The molecule has 0 radical (unpaired) electrons. The molecule has 0 spiro atoms. The maximum atomic E-state index is 13.4. The summed E-state index contributed by atoms with van der Waals surface area (Å²) in [5.41, 5.74) is 0.255. The third-order valence-electron chi connectivity index (χ3n) is 2.58. The Labute approximate surface area is 112 Å². The molecule has 0 bridgehead atoms. The van der Waals surface area contributed by atoms with Gasteiger partial charge in [0.1, 0.15) is 11.6 Å². The zero-order chi connectivity index (χ0) is 14.7. The Morgan fingerprint density at radius 2 is 1.60 bits per heavy atom. The fourth-order valence-electron chi connectivity index (χ4n) is 1.67. The van der Waals surface area contributed by atoms with Gasteiger partial charge in [-0.15, -0.1) is 0 Å². The summed E-state index contributed by atoms with van der Waals surface area (Å²) in [6, 6.07) is 6.51. The van der Waals surface area contributed by atoms with Gasteiger partial charge in [-0.05, 0) is 23.8 Å². The van der Waals surface area contributed by atoms with Gasteiger partial charge < -0.3 is 5.32 Å². The minimum atomic E-state index is -1.29. The second-order valence-corrected chi connectivity index (χ2v) is 4.06. The molecule has 2 rings (SSSR count). The molecule has 0 aromatic heterocycles. The van der Waals surface area contributed by atoms with Gasteiger partial charge in [0.15, 0.2) is 11.6 Å². The summed E-state index contributed by atoms with van der Waals surface area (Å²) in [7, 11) is 0. The van der Waals surface area contributed by atoms with Crippen molar-refractivity contribution < 1.29 is 17.6 Å². The summed E-state index contributed by atoms with van der Waals surface area (Å²) < 4.78 is 52.3. The predicted molar refractivity (Wildman–Crippen MR) is 64.8 cm³/mol. The van der Waals surface area contributed by atoms with Crippen molar-refractivity contribution in [3.05, 3.63) is 64.7 Å². The molecule has 0 unspecified atom stereocenters. The maximum absolute atomic E-state index is 13.4. The molecule has 0 saturated heterocycles. The molecule has 0 amide bonds. The molecule has 0 heterocycles. The average Bonchev–Trinajstić information content (AvgIpc) is 2.40. The molecular formula is C14H8F4N2. The molecule has 0 saturated carbocycles. The van der Waals surface area contributed by atoms with Crippen LogP contribution in [0, 0.1) is 34.6 Å². The molecule has 0 fully saturated rings. The summed E-state index contributed by atoms with van der Waals surface area (Å²) >= 11 is 0. The van der Waals surface area contributed by atoms with Crippen molar-refractivity contribution in [2.24, 2.45) is 0 Å². The van der Waals surface area contributed by atoms with Gasteiger partial charge in [-0.1, -0.05) is 0 Å². The molecule has 20 heavy (non-hydrogen) atoms. The number of hydrogen-bond acceptors (Lipinski definition) is 2. The Balaban J connectivity index is 2.19. The lowest BCUT2D eigenvalue weighted by Gasteiger charge is -2.08. The minimum Gasteiger partial charge on any atom is -0.379 e. The number of halogens is 4. The number of anilines is 1. The third kappa shape index (κ3) is 3.06. The van der Waals surface area contributed by atoms with E-state index in [0.29, 0.717) is 17.7 Å². The van der Waals surface area contributed by atoms with Crippen LogP contribution in [0.25, 0.3) is 0 Å². The number of benzene rings is 2. The highest BCUT2D eigenvalue weighted by Gasteiger charge is 2.09. The SMILES string of the molecule is N#Cc1cc(F)cc(CNc2cc(F)c(F)cc2F)c1. The van der Waals surface area contributed by atoms with Crippen LogP contribution in [-0.2, 0) is 6.54 Å². The Morgan fingerprint density at radius 1 is 0.900 bits per heavy atom. The number of nitrogens with zero attached hydrogens (tertiary/aromatic N) is 1. The predicted octanol–water partition coefficient (Wildman–Crippen LogP) is 3.73. The lowest BCUT2D eigenvalue weighted by Crippen LogP contribution is -2.03. The number of nitrogens with one attached hydrogen (secondary N) is 1. The first-order valence-electron chi connectivity index (χ1n) is 5.57. The van der Waals surface area contributed by atoms with E-state index in [9.17, 15) is 17.6 Å². The van der Waals surface area contributed by atoms with Gasteiger partial charge in [0, 0.05) is 18.7 Å². The van der Waals surface area contributed by atoms with E-state index in [1.165, 1.54) is 6.07 Å². The highest BCUT2D eigenvalue weighted by atomic mass is 19.2. The van der Waals surface area contributed by atoms with Crippen molar-refractivity contribution >= 4 is 5.69 Å². The molecule has 2 nitrogen and oxygen atoms in total. The van der Waals surface area contributed by atoms with Crippen molar-refractivity contribution in [1.29, 1.82) is 5.26 Å². The van der Waals surface area contributed by atoms with Gasteiger partial charge in [-0.3, -0.25) is 0 Å². The van der Waals surface area contributed by atoms with Crippen molar-refractivity contribution in [3.63, 3.8) is 0 Å². The van der Waals surface area contributed by atoms with Gasteiger partial charge in [0.25, 0.3) is 0 Å². The highest BCUT2D eigenvalue weighted by Crippen LogP contribution is 2.19. The summed E-state index contributed by atoms with van der Waals surface area (Å²) in [5.74, 6) is -4.04. The monoisotopic (exact) mass is 280 g/mol. The van der Waals surface area contributed by atoms with Gasteiger partial charge >= 0.3 is 0 Å². The zero-order valence-corrected chi connectivity index (χ0v) is 10.1. The van der Waals surface area contributed by atoms with E-state index in [0.717, 1.165) is 12.1 Å². The van der Waals surface area contributed by atoms with Crippen molar-refractivity contribution in [3.8, 4) is 6.07 Å². The fraction of sp³-hybridized carbons (Fsp3) is 0.0714. The van der Waals surface area contributed by atoms with Crippen LogP contribution >= 0.6 is 0 Å². The van der Waals surface area contributed by atoms with Crippen LogP contribution in [0.2, 0.25) is 0 Å². The lowest BCUT2D eigenvalue weighted by atomic mass is 10.1. The fourth-order valence-corrected chi connectivity index (χ4v) is 1.67.